The van der Waals surface area contributed by atoms with Crippen molar-refractivity contribution >= 4 is 11.6 Å². The van der Waals surface area contributed by atoms with Crippen molar-refractivity contribution in [2.24, 2.45) is 0 Å². The Morgan fingerprint density at radius 3 is 2.58 bits per heavy atom. The van der Waals surface area contributed by atoms with Crippen molar-refractivity contribution in [2.45, 2.75) is 6.92 Å². The first-order valence-electron chi connectivity index (χ1n) is 5.95. The Kier molecular flexibility index (Phi) is 4.17. The van der Waals surface area contributed by atoms with E-state index in [1.165, 1.54) is 7.11 Å². The highest BCUT2D eigenvalue weighted by Gasteiger charge is 2.08. The van der Waals surface area contributed by atoms with Crippen LogP contribution < -0.4 is 9.47 Å². The highest BCUT2D eigenvalue weighted by molar-refractivity contribution is 6.33. The van der Waals surface area contributed by atoms with Gasteiger partial charge in [-0.2, -0.15) is 0 Å². The molecule has 3 nitrogen and oxygen atoms in total. The zero-order valence-electron chi connectivity index (χ0n) is 10.8. The summed E-state index contributed by atoms with van der Waals surface area (Å²) in [5, 5.41) is 10.2. The summed E-state index contributed by atoms with van der Waals surface area (Å²) >= 11 is 6.25. The molecule has 19 heavy (non-hydrogen) atoms. The zero-order valence-corrected chi connectivity index (χ0v) is 11.6. The molecule has 0 amide bonds. The van der Waals surface area contributed by atoms with Gasteiger partial charge in [0.15, 0.2) is 11.5 Å². The van der Waals surface area contributed by atoms with Crippen molar-refractivity contribution in [3.05, 3.63) is 41.4 Å². The molecule has 0 unspecified atom stereocenters. The number of hydrogen-bond acceptors (Lipinski definition) is 3. The van der Waals surface area contributed by atoms with Crippen molar-refractivity contribution in [2.75, 3.05) is 13.7 Å². The van der Waals surface area contributed by atoms with E-state index in [-0.39, 0.29) is 5.75 Å². The van der Waals surface area contributed by atoms with E-state index in [0.29, 0.717) is 17.4 Å². The molecule has 0 aromatic heterocycles. The number of rotatable bonds is 4. The second-order valence-corrected chi connectivity index (χ2v) is 4.37. The highest BCUT2D eigenvalue weighted by atomic mass is 35.5. The van der Waals surface area contributed by atoms with Crippen molar-refractivity contribution in [3.63, 3.8) is 0 Å². The number of halogens is 1. The maximum absolute atomic E-state index is 9.59. The van der Waals surface area contributed by atoms with Crippen LogP contribution >= 0.6 is 11.6 Å². The predicted molar refractivity (Wildman–Crippen MR) is 76.3 cm³/mol. The summed E-state index contributed by atoms with van der Waals surface area (Å²) < 4.78 is 10.5. The fraction of sp³-hybridized carbons (Fsp3) is 0.200. The monoisotopic (exact) mass is 278 g/mol. The van der Waals surface area contributed by atoms with Gasteiger partial charge in [-0.3, -0.25) is 0 Å². The molecule has 1 N–H and O–H groups in total. The van der Waals surface area contributed by atoms with Crippen LogP contribution in [0.1, 0.15) is 6.92 Å². The highest BCUT2D eigenvalue weighted by Crippen LogP contribution is 2.36. The molecule has 100 valence electrons. The van der Waals surface area contributed by atoms with E-state index in [9.17, 15) is 5.11 Å². The molecule has 0 fully saturated rings. The van der Waals surface area contributed by atoms with Gasteiger partial charge in [0.05, 0.1) is 18.7 Å². The average molecular weight is 279 g/mol. The van der Waals surface area contributed by atoms with Gasteiger partial charge in [-0.25, -0.2) is 0 Å². The van der Waals surface area contributed by atoms with Gasteiger partial charge in [0.25, 0.3) is 0 Å². The van der Waals surface area contributed by atoms with Crippen LogP contribution in [0.3, 0.4) is 0 Å². The normalized spacial score (nSPS) is 10.3. The minimum absolute atomic E-state index is 0.105. The maximum atomic E-state index is 9.59. The van der Waals surface area contributed by atoms with Crippen LogP contribution in [0, 0.1) is 0 Å². The number of hydrogen-bond donors (Lipinski definition) is 1. The molecule has 0 radical (unpaired) electrons. The summed E-state index contributed by atoms with van der Waals surface area (Å²) in [4.78, 5) is 0. The van der Waals surface area contributed by atoms with Crippen LogP contribution in [0.2, 0.25) is 5.02 Å². The van der Waals surface area contributed by atoms with Crippen molar-refractivity contribution < 1.29 is 14.6 Å². The summed E-state index contributed by atoms with van der Waals surface area (Å²) in [6, 6.07) is 10.7. The molecule has 0 spiro atoms. The van der Waals surface area contributed by atoms with Gasteiger partial charge >= 0.3 is 0 Å². The minimum Gasteiger partial charge on any atom is -0.504 e. The Bertz CT molecular complexity index is 582. The minimum atomic E-state index is 0.105. The first-order chi connectivity index (χ1) is 9.15. The molecule has 0 bridgehead atoms. The van der Waals surface area contributed by atoms with Gasteiger partial charge in [-0.05, 0) is 42.8 Å². The topological polar surface area (TPSA) is 38.7 Å². The Morgan fingerprint density at radius 1 is 1.16 bits per heavy atom. The first-order valence-corrected chi connectivity index (χ1v) is 6.33. The SMILES string of the molecule is CCOc1ccc(-c2ccc(O)c(OC)c2)c(Cl)c1. The molecule has 0 aliphatic heterocycles. The Morgan fingerprint density at radius 2 is 1.95 bits per heavy atom. The average Bonchev–Trinajstić information content (AvgIpc) is 2.40. The lowest BCUT2D eigenvalue weighted by atomic mass is 10.0. The molecule has 0 saturated carbocycles. The molecule has 0 aliphatic rings. The van der Waals surface area contributed by atoms with Crippen LogP contribution in [0.25, 0.3) is 11.1 Å². The van der Waals surface area contributed by atoms with Crippen molar-refractivity contribution in [3.8, 4) is 28.4 Å². The lowest BCUT2D eigenvalue weighted by Crippen LogP contribution is -1.91. The fourth-order valence-corrected chi connectivity index (χ4v) is 2.11. The van der Waals surface area contributed by atoms with E-state index in [1.807, 2.05) is 19.1 Å². The van der Waals surface area contributed by atoms with Crippen LogP contribution in [-0.2, 0) is 0 Å². The largest absolute Gasteiger partial charge is 0.504 e. The third-order valence-electron chi connectivity index (χ3n) is 2.74. The maximum Gasteiger partial charge on any atom is 0.161 e. The number of benzene rings is 2. The number of phenolic OH excluding ortho intramolecular Hbond substituents is 1. The number of aromatic hydroxyl groups is 1. The number of phenols is 1. The lowest BCUT2D eigenvalue weighted by molar-refractivity contribution is 0.340. The fourth-order valence-electron chi connectivity index (χ4n) is 1.83. The van der Waals surface area contributed by atoms with Crippen LogP contribution in [0.4, 0.5) is 0 Å². The van der Waals surface area contributed by atoms with E-state index in [4.69, 9.17) is 21.1 Å². The third kappa shape index (κ3) is 2.93. The molecule has 2 aromatic rings. The van der Waals surface area contributed by atoms with Crippen LogP contribution in [0.15, 0.2) is 36.4 Å². The van der Waals surface area contributed by atoms with Gasteiger partial charge in [-0.1, -0.05) is 17.7 Å². The van der Waals surface area contributed by atoms with Gasteiger partial charge in [-0.15, -0.1) is 0 Å². The van der Waals surface area contributed by atoms with E-state index in [0.717, 1.165) is 16.9 Å². The van der Waals surface area contributed by atoms with E-state index in [1.54, 1.807) is 24.3 Å². The lowest BCUT2D eigenvalue weighted by Gasteiger charge is -2.10. The first kappa shape index (κ1) is 13.6. The van der Waals surface area contributed by atoms with Gasteiger partial charge in [0.2, 0.25) is 0 Å². The van der Waals surface area contributed by atoms with E-state index >= 15 is 0 Å². The van der Waals surface area contributed by atoms with Crippen molar-refractivity contribution in [1.82, 2.24) is 0 Å². The van der Waals surface area contributed by atoms with E-state index < -0.39 is 0 Å². The molecular weight excluding hydrogens is 264 g/mol. The molecule has 2 aromatic carbocycles. The number of methoxy groups -OCH3 is 1. The molecule has 0 atom stereocenters. The second kappa shape index (κ2) is 5.85. The Hall–Kier alpha value is -1.87. The summed E-state index contributed by atoms with van der Waals surface area (Å²) in [5.41, 5.74) is 1.74. The molecule has 4 heteroatoms. The number of ether oxygens (including phenoxy) is 2. The van der Waals surface area contributed by atoms with Gasteiger partial charge in [0, 0.05) is 5.56 Å². The van der Waals surface area contributed by atoms with Gasteiger partial charge < -0.3 is 14.6 Å². The predicted octanol–water partition coefficient (Wildman–Crippen LogP) is 4.12. The zero-order chi connectivity index (χ0) is 13.8. The Labute approximate surface area is 117 Å². The van der Waals surface area contributed by atoms with E-state index in [2.05, 4.69) is 0 Å². The quantitative estimate of drug-likeness (QED) is 0.914. The summed E-state index contributed by atoms with van der Waals surface area (Å²) in [5.74, 6) is 1.26. The van der Waals surface area contributed by atoms with Gasteiger partial charge in [0.1, 0.15) is 5.75 Å². The van der Waals surface area contributed by atoms with Crippen molar-refractivity contribution in [1.29, 1.82) is 0 Å². The molecule has 0 saturated heterocycles. The summed E-state index contributed by atoms with van der Waals surface area (Å²) in [7, 11) is 1.51. The smallest absolute Gasteiger partial charge is 0.161 e. The molecule has 0 aliphatic carbocycles. The summed E-state index contributed by atoms with van der Waals surface area (Å²) in [6.45, 7) is 2.52. The third-order valence-corrected chi connectivity index (χ3v) is 3.05. The molecule has 0 heterocycles. The second-order valence-electron chi connectivity index (χ2n) is 3.96. The summed E-state index contributed by atoms with van der Waals surface area (Å²) in [6.07, 6.45) is 0. The van der Waals surface area contributed by atoms with Crippen LogP contribution in [0.5, 0.6) is 17.2 Å². The Balaban J connectivity index is 2.41. The molecular formula is C15H15ClO3. The standard InChI is InChI=1S/C15H15ClO3/c1-3-19-11-5-6-12(13(16)9-11)10-4-7-14(17)15(8-10)18-2/h4-9,17H,3H2,1-2H3. The molecule has 2 rings (SSSR count). The van der Waals surface area contributed by atoms with Crippen LogP contribution in [-0.4, -0.2) is 18.8 Å².